The van der Waals surface area contributed by atoms with Crippen LogP contribution >= 0.6 is 15.6 Å². The number of phosphoric ester groups is 2. The van der Waals surface area contributed by atoms with Gasteiger partial charge >= 0.3 is 27.6 Å². The molecular formula is C45H78O17P2. The Balaban J connectivity index is 1.83. The molecule has 7 unspecified atom stereocenters. The summed E-state index contributed by atoms with van der Waals surface area (Å²) in [5, 5.41) is 41.2. The predicted molar refractivity (Wildman–Crippen MR) is 241 cm³/mol. The van der Waals surface area contributed by atoms with Crippen molar-refractivity contribution >= 4 is 27.6 Å². The molecule has 1 saturated heterocycles. The fourth-order valence-electron chi connectivity index (χ4n) is 7.04. The van der Waals surface area contributed by atoms with E-state index >= 15 is 0 Å². The number of unbranched alkanes of at least 4 members (excludes halogenated alkanes) is 12. The van der Waals surface area contributed by atoms with Gasteiger partial charge in [-0.05, 0) is 77.0 Å². The minimum atomic E-state index is -5.37. The first-order valence-electron chi connectivity index (χ1n) is 23.3. The molecule has 0 amide bonds. The SMILES string of the molecule is CCCCC/C=C\C/C=C\C/C=C\CCCCC(=O)O[C@H](COC(=O)CCCCCCCC1OC1C/C=C\CCCCC)COP(=O)(O)O[C@H]1C(O)C(O)C(O)[C@@H](OP(=O)(O)O)C1O. The Morgan fingerprint density at radius 2 is 1.09 bits per heavy atom. The molecule has 1 heterocycles. The molecule has 1 saturated carbocycles. The van der Waals surface area contributed by atoms with E-state index in [-0.39, 0.29) is 12.8 Å². The van der Waals surface area contributed by atoms with Gasteiger partial charge in [-0.25, -0.2) is 9.13 Å². The maximum absolute atomic E-state index is 13.0. The molecule has 1 aliphatic carbocycles. The lowest BCUT2D eigenvalue weighted by Gasteiger charge is -2.43. The number of hydrogen-bond acceptors (Lipinski definition) is 14. The molecule has 2 fully saturated rings. The third-order valence-corrected chi connectivity index (χ3v) is 12.3. The minimum Gasteiger partial charge on any atom is -0.462 e. The van der Waals surface area contributed by atoms with Gasteiger partial charge < -0.3 is 49.3 Å². The normalized spacial score (nSPS) is 25.4. The van der Waals surface area contributed by atoms with Gasteiger partial charge in [0.25, 0.3) is 0 Å². The van der Waals surface area contributed by atoms with Crippen molar-refractivity contribution in [1.29, 1.82) is 0 Å². The summed E-state index contributed by atoms with van der Waals surface area (Å²) in [6.45, 7) is 2.99. The van der Waals surface area contributed by atoms with Gasteiger partial charge in [0.05, 0.1) is 18.8 Å². The van der Waals surface area contributed by atoms with Gasteiger partial charge in [0.2, 0.25) is 0 Å². The van der Waals surface area contributed by atoms with Crippen molar-refractivity contribution < 1.29 is 81.6 Å². The Morgan fingerprint density at radius 1 is 0.578 bits per heavy atom. The molecule has 370 valence electrons. The summed E-state index contributed by atoms with van der Waals surface area (Å²) < 4.78 is 55.1. The van der Waals surface area contributed by atoms with E-state index in [1.54, 1.807) is 0 Å². The van der Waals surface area contributed by atoms with Crippen molar-refractivity contribution in [3.8, 4) is 0 Å². The van der Waals surface area contributed by atoms with Crippen molar-refractivity contribution in [2.45, 2.75) is 210 Å². The molecule has 0 aromatic rings. The van der Waals surface area contributed by atoms with E-state index in [0.717, 1.165) is 70.6 Å². The first kappa shape index (κ1) is 58.0. The summed E-state index contributed by atoms with van der Waals surface area (Å²) in [5.74, 6) is -1.28. The Morgan fingerprint density at radius 3 is 1.70 bits per heavy atom. The van der Waals surface area contributed by atoms with Gasteiger partial charge in [0.1, 0.15) is 43.2 Å². The fraction of sp³-hybridized carbons (Fsp3) is 0.778. The van der Waals surface area contributed by atoms with E-state index in [0.29, 0.717) is 31.5 Å². The first-order chi connectivity index (χ1) is 30.6. The van der Waals surface area contributed by atoms with Crippen LogP contribution in [0.1, 0.15) is 155 Å². The molecule has 1 aliphatic heterocycles. The largest absolute Gasteiger partial charge is 0.472 e. The van der Waals surface area contributed by atoms with E-state index in [9.17, 15) is 44.0 Å². The van der Waals surface area contributed by atoms with Crippen LogP contribution in [0, 0.1) is 0 Å². The number of carbonyl (C=O) groups excluding carboxylic acids is 2. The van der Waals surface area contributed by atoms with Crippen LogP contribution in [0.15, 0.2) is 48.6 Å². The number of epoxide rings is 1. The molecule has 0 radical (unpaired) electrons. The van der Waals surface area contributed by atoms with E-state index < -0.39 is 83.5 Å². The number of rotatable bonds is 37. The van der Waals surface area contributed by atoms with Gasteiger partial charge in [-0.2, -0.15) is 0 Å². The molecule has 64 heavy (non-hydrogen) atoms. The number of aliphatic hydroxyl groups is 4. The zero-order chi connectivity index (χ0) is 47.2. The third-order valence-electron chi connectivity index (χ3n) is 10.8. The van der Waals surface area contributed by atoms with Gasteiger partial charge in [-0.1, -0.05) is 114 Å². The quantitative estimate of drug-likeness (QED) is 0.0104. The topological polar surface area (TPSA) is 269 Å². The Bertz CT molecular complexity index is 1500. The summed E-state index contributed by atoms with van der Waals surface area (Å²) in [7, 11) is -10.7. The first-order valence-corrected chi connectivity index (χ1v) is 26.3. The third kappa shape index (κ3) is 26.9. The molecule has 2 aliphatic rings. The van der Waals surface area contributed by atoms with Crippen molar-refractivity contribution in [3.63, 3.8) is 0 Å². The molecule has 0 spiro atoms. The Hall–Kier alpha value is -2.08. The second kappa shape index (κ2) is 33.4. The van der Waals surface area contributed by atoms with Crippen LogP contribution < -0.4 is 0 Å². The average Bonchev–Trinajstić information content (AvgIpc) is 4.01. The van der Waals surface area contributed by atoms with Crippen LogP contribution in [0.4, 0.5) is 0 Å². The smallest absolute Gasteiger partial charge is 0.462 e. The molecule has 17 nitrogen and oxygen atoms in total. The highest BCUT2D eigenvalue weighted by Crippen LogP contribution is 2.49. The molecule has 2 rings (SSSR count). The average molecular weight is 953 g/mol. The maximum atomic E-state index is 13.0. The summed E-state index contributed by atoms with van der Waals surface area (Å²) in [5.41, 5.74) is 0. The number of esters is 2. The fourth-order valence-corrected chi connectivity index (χ4v) is 8.58. The second-order valence-electron chi connectivity index (χ2n) is 16.5. The molecule has 10 atom stereocenters. The standard InChI is InChI=1S/C45H78O17P2/c1-3-5-7-9-11-12-13-14-15-16-17-18-19-23-28-32-39(47)59-35(34-58-64(55,56)62-45-42(50)40(48)41(49)44(43(45)51)61-63(52,53)54)33-57-38(46)31-27-24-20-22-26-30-37-36(60-37)29-25-21-10-8-6-4-2/h11-12,14-15,17-18,21,25,35-37,40-45,48-51H,3-10,13,16,19-20,22-24,26-34H2,1-2H3,(H,55,56)(H2,52,53,54)/b12-11-,15-14-,18-17-,25-21-/t35-,36?,37?,40?,41?,42?,43?,44-,45+/m1/s1. The summed E-state index contributed by atoms with van der Waals surface area (Å²) in [4.78, 5) is 54.3. The van der Waals surface area contributed by atoms with Crippen LogP contribution in [0.5, 0.6) is 0 Å². The highest BCUT2D eigenvalue weighted by Gasteiger charge is 2.54. The second-order valence-corrected chi connectivity index (χ2v) is 19.1. The number of hydrogen-bond donors (Lipinski definition) is 7. The van der Waals surface area contributed by atoms with E-state index in [1.165, 1.54) is 38.5 Å². The zero-order valence-electron chi connectivity index (χ0n) is 37.9. The molecule has 0 aromatic carbocycles. The number of ether oxygens (including phenoxy) is 3. The van der Waals surface area contributed by atoms with Gasteiger partial charge in [-0.15, -0.1) is 0 Å². The number of aliphatic hydroxyl groups excluding tert-OH is 4. The lowest BCUT2D eigenvalue weighted by atomic mass is 9.85. The monoisotopic (exact) mass is 952 g/mol. The minimum absolute atomic E-state index is 0.0125. The highest BCUT2D eigenvalue weighted by molar-refractivity contribution is 7.47. The summed E-state index contributed by atoms with van der Waals surface area (Å²) >= 11 is 0. The molecule has 0 bridgehead atoms. The van der Waals surface area contributed by atoms with Crippen LogP contribution in [0.2, 0.25) is 0 Å². The predicted octanol–water partition coefficient (Wildman–Crippen LogP) is 7.49. The Labute approximate surface area is 380 Å². The maximum Gasteiger partial charge on any atom is 0.472 e. The van der Waals surface area contributed by atoms with Gasteiger partial charge in [0, 0.05) is 12.8 Å². The van der Waals surface area contributed by atoms with Crippen LogP contribution in [0.25, 0.3) is 0 Å². The van der Waals surface area contributed by atoms with E-state index in [4.69, 9.17) is 33.0 Å². The number of allylic oxidation sites excluding steroid dienone is 7. The Kier molecular flexibility index (Phi) is 30.3. The molecular weight excluding hydrogens is 874 g/mol. The molecule has 19 heteroatoms. The van der Waals surface area contributed by atoms with E-state index in [1.807, 2.05) is 12.2 Å². The molecule has 7 N–H and O–H groups in total. The van der Waals surface area contributed by atoms with Crippen molar-refractivity contribution in [2.24, 2.45) is 0 Å². The zero-order valence-corrected chi connectivity index (χ0v) is 39.7. The lowest BCUT2D eigenvalue weighted by Crippen LogP contribution is -2.64. The van der Waals surface area contributed by atoms with Crippen LogP contribution in [-0.4, -0.2) is 115 Å². The van der Waals surface area contributed by atoms with E-state index in [2.05, 4.69) is 54.8 Å². The summed E-state index contributed by atoms with van der Waals surface area (Å²) in [6.07, 6.45) is 22.4. The lowest BCUT2D eigenvalue weighted by molar-refractivity contribution is -0.216. The number of carbonyl (C=O) groups is 2. The van der Waals surface area contributed by atoms with Crippen molar-refractivity contribution in [2.75, 3.05) is 13.2 Å². The highest BCUT2D eigenvalue weighted by atomic mass is 31.2. The van der Waals surface area contributed by atoms with Crippen LogP contribution in [0.3, 0.4) is 0 Å². The van der Waals surface area contributed by atoms with Crippen molar-refractivity contribution in [3.05, 3.63) is 48.6 Å². The van der Waals surface area contributed by atoms with Crippen molar-refractivity contribution in [1.82, 2.24) is 0 Å². The van der Waals surface area contributed by atoms with Gasteiger partial charge in [0.15, 0.2) is 6.10 Å². The van der Waals surface area contributed by atoms with Crippen LogP contribution in [-0.2, 0) is 46.5 Å². The summed E-state index contributed by atoms with van der Waals surface area (Å²) in [6, 6.07) is 0. The van der Waals surface area contributed by atoms with Gasteiger partial charge in [-0.3, -0.25) is 23.2 Å². The molecule has 0 aromatic heterocycles. The number of phosphoric acid groups is 2.